The highest BCUT2D eigenvalue weighted by Crippen LogP contribution is 2.28. The van der Waals surface area contributed by atoms with Crippen molar-refractivity contribution >= 4 is 40.5 Å². The van der Waals surface area contributed by atoms with Gasteiger partial charge in [0.1, 0.15) is 6.33 Å². The molecule has 0 aromatic carbocycles. The molecule has 17 heavy (non-hydrogen) atoms. The third-order valence-corrected chi connectivity index (χ3v) is 3.34. The molecule has 2 heterocycles. The average molecular weight is 322 g/mol. The number of aromatic nitrogens is 3. The van der Waals surface area contributed by atoms with E-state index in [0.29, 0.717) is 18.0 Å². The summed E-state index contributed by atoms with van der Waals surface area (Å²) in [7, 11) is 0. The molecular weight excluding hydrogens is 310 g/mol. The molecule has 0 radical (unpaired) electrons. The number of nitrogens with one attached hydrogen (secondary N) is 1. The highest BCUT2D eigenvalue weighted by atomic mass is 79.9. The highest BCUT2D eigenvalue weighted by molar-refractivity contribution is 8.93. The number of ether oxygens (including phenoxy) is 1. The van der Waals surface area contributed by atoms with Gasteiger partial charge in [-0.05, 0) is 6.92 Å². The van der Waals surface area contributed by atoms with Crippen LogP contribution in [0.15, 0.2) is 11.5 Å². The van der Waals surface area contributed by atoms with Crippen LogP contribution in [0.1, 0.15) is 19.8 Å². The van der Waals surface area contributed by atoms with Gasteiger partial charge < -0.3 is 4.74 Å². The van der Waals surface area contributed by atoms with Crippen molar-refractivity contribution in [2.75, 3.05) is 5.75 Å². The van der Waals surface area contributed by atoms with Gasteiger partial charge >= 0.3 is 5.97 Å². The fourth-order valence-corrected chi connectivity index (χ4v) is 2.25. The summed E-state index contributed by atoms with van der Waals surface area (Å²) in [4.78, 5) is 26.7. The zero-order valence-electron chi connectivity index (χ0n) is 9.13. The minimum atomic E-state index is -0.954. The number of hydrogen-bond donors (Lipinski definition) is 1. The molecule has 1 aromatic rings. The van der Waals surface area contributed by atoms with E-state index in [0.717, 1.165) is 0 Å². The average Bonchev–Trinajstić information content (AvgIpc) is 2.85. The number of hydrogen-bond acceptors (Lipinski definition) is 6. The Balaban J connectivity index is 0.00000144. The highest BCUT2D eigenvalue weighted by Gasteiger charge is 2.42. The molecule has 94 valence electrons. The maximum Gasteiger partial charge on any atom is 0.306 e. The van der Waals surface area contributed by atoms with Crippen LogP contribution < -0.4 is 0 Å². The Bertz CT molecular complexity index is 412. The number of nitrogens with zero attached hydrogens (tertiary/aromatic N) is 2. The lowest BCUT2D eigenvalue weighted by atomic mass is 9.98. The SMILES string of the molecule is Br.CC1(C(=O)CSc2ncn[nH]2)CCC(=O)O1. The van der Waals surface area contributed by atoms with E-state index in [9.17, 15) is 9.59 Å². The lowest BCUT2D eigenvalue weighted by Gasteiger charge is -2.19. The van der Waals surface area contributed by atoms with Crippen molar-refractivity contribution < 1.29 is 14.3 Å². The van der Waals surface area contributed by atoms with Gasteiger partial charge in [0.15, 0.2) is 16.5 Å². The van der Waals surface area contributed by atoms with Crippen LogP contribution in [0.25, 0.3) is 0 Å². The van der Waals surface area contributed by atoms with Crippen molar-refractivity contribution in [1.82, 2.24) is 15.2 Å². The van der Waals surface area contributed by atoms with Crippen LogP contribution in [-0.2, 0) is 14.3 Å². The van der Waals surface area contributed by atoms with E-state index in [-0.39, 0.29) is 34.5 Å². The molecule has 1 aliphatic heterocycles. The van der Waals surface area contributed by atoms with Crippen LogP contribution in [0.2, 0.25) is 0 Å². The Hall–Kier alpha value is -0.890. The van der Waals surface area contributed by atoms with Gasteiger partial charge in [-0.2, -0.15) is 5.10 Å². The van der Waals surface area contributed by atoms with Gasteiger partial charge in [-0.3, -0.25) is 14.7 Å². The molecule has 1 N–H and O–H groups in total. The second kappa shape index (κ2) is 5.63. The van der Waals surface area contributed by atoms with Crippen LogP contribution in [0, 0.1) is 0 Å². The van der Waals surface area contributed by atoms with E-state index in [1.807, 2.05) is 0 Å². The number of thioether (sulfide) groups is 1. The molecule has 0 bridgehead atoms. The monoisotopic (exact) mass is 321 g/mol. The van der Waals surface area contributed by atoms with E-state index < -0.39 is 5.60 Å². The van der Waals surface area contributed by atoms with Gasteiger partial charge in [-0.25, -0.2) is 4.98 Å². The summed E-state index contributed by atoms with van der Waals surface area (Å²) in [5.41, 5.74) is -0.954. The van der Waals surface area contributed by atoms with Crippen molar-refractivity contribution in [3.63, 3.8) is 0 Å². The Labute approximate surface area is 113 Å². The van der Waals surface area contributed by atoms with Crippen LogP contribution in [-0.4, -0.2) is 38.3 Å². The number of H-pyrrole nitrogens is 1. The first kappa shape index (κ1) is 14.2. The van der Waals surface area contributed by atoms with Gasteiger partial charge in [-0.15, -0.1) is 17.0 Å². The van der Waals surface area contributed by atoms with Gasteiger partial charge in [0, 0.05) is 12.8 Å². The molecule has 1 unspecified atom stereocenters. The predicted octanol–water partition coefficient (Wildman–Crippen LogP) is 1.14. The maximum absolute atomic E-state index is 11.8. The fraction of sp³-hybridized carbons (Fsp3) is 0.556. The van der Waals surface area contributed by atoms with Crippen molar-refractivity contribution in [3.8, 4) is 0 Å². The van der Waals surface area contributed by atoms with Gasteiger partial charge in [-0.1, -0.05) is 11.8 Å². The Morgan fingerprint density at radius 2 is 2.47 bits per heavy atom. The zero-order chi connectivity index (χ0) is 11.6. The fourth-order valence-electron chi connectivity index (χ4n) is 1.44. The normalized spacial score (nSPS) is 23.0. The van der Waals surface area contributed by atoms with Crippen LogP contribution in [0.4, 0.5) is 0 Å². The number of carbonyl (C=O) groups is 2. The summed E-state index contributed by atoms with van der Waals surface area (Å²) in [6, 6.07) is 0. The number of aromatic amines is 1. The molecular formula is C9H12BrN3O3S. The Kier molecular flexibility index (Phi) is 4.70. The number of halogens is 1. The molecule has 1 aliphatic rings. The molecule has 1 fully saturated rings. The number of esters is 1. The van der Waals surface area contributed by atoms with Crippen LogP contribution in [0.5, 0.6) is 0 Å². The van der Waals surface area contributed by atoms with Crippen molar-refractivity contribution in [1.29, 1.82) is 0 Å². The van der Waals surface area contributed by atoms with E-state index in [2.05, 4.69) is 15.2 Å². The van der Waals surface area contributed by atoms with Gasteiger partial charge in [0.25, 0.3) is 0 Å². The molecule has 0 amide bonds. The maximum atomic E-state index is 11.8. The van der Waals surface area contributed by atoms with Crippen LogP contribution in [0.3, 0.4) is 0 Å². The predicted molar refractivity (Wildman–Crippen MR) is 66.2 cm³/mol. The largest absolute Gasteiger partial charge is 0.451 e. The zero-order valence-corrected chi connectivity index (χ0v) is 11.7. The number of ketones is 1. The molecule has 1 atom stereocenters. The molecule has 8 heteroatoms. The third kappa shape index (κ3) is 3.29. The van der Waals surface area contributed by atoms with E-state index in [1.54, 1.807) is 6.92 Å². The van der Waals surface area contributed by atoms with Gasteiger partial charge in [0.05, 0.1) is 5.75 Å². The molecule has 0 spiro atoms. The molecule has 0 saturated carbocycles. The summed E-state index contributed by atoms with van der Waals surface area (Å²) >= 11 is 1.25. The quantitative estimate of drug-likeness (QED) is 0.661. The minimum absolute atomic E-state index is 0. The molecule has 6 nitrogen and oxygen atoms in total. The third-order valence-electron chi connectivity index (χ3n) is 2.47. The van der Waals surface area contributed by atoms with E-state index in [4.69, 9.17) is 4.74 Å². The number of Topliss-reactive ketones (excluding diaryl/α,β-unsaturated/α-hetero) is 1. The lowest BCUT2D eigenvalue weighted by molar-refractivity contribution is -0.154. The van der Waals surface area contributed by atoms with Crippen molar-refractivity contribution in [2.45, 2.75) is 30.5 Å². The molecule has 0 aliphatic carbocycles. The van der Waals surface area contributed by atoms with E-state index >= 15 is 0 Å². The Morgan fingerprint density at radius 3 is 3.00 bits per heavy atom. The molecule has 1 saturated heterocycles. The lowest BCUT2D eigenvalue weighted by Crippen LogP contribution is -2.36. The number of cyclic esters (lactones) is 1. The summed E-state index contributed by atoms with van der Waals surface area (Å²) in [5, 5.41) is 6.90. The van der Waals surface area contributed by atoms with Gasteiger partial charge in [0.2, 0.25) is 0 Å². The Morgan fingerprint density at radius 1 is 1.71 bits per heavy atom. The van der Waals surface area contributed by atoms with Crippen LogP contribution >= 0.6 is 28.7 Å². The summed E-state index contributed by atoms with van der Waals surface area (Å²) in [6.07, 6.45) is 2.15. The number of rotatable bonds is 4. The topological polar surface area (TPSA) is 84.9 Å². The summed E-state index contributed by atoms with van der Waals surface area (Å²) < 4.78 is 5.03. The first-order valence-corrected chi connectivity index (χ1v) is 5.82. The summed E-state index contributed by atoms with van der Waals surface area (Å²) in [5.74, 6) is -0.181. The van der Waals surface area contributed by atoms with Crippen molar-refractivity contribution in [2.24, 2.45) is 0 Å². The van der Waals surface area contributed by atoms with Crippen molar-refractivity contribution in [3.05, 3.63) is 6.33 Å². The first-order chi connectivity index (χ1) is 7.60. The number of carbonyl (C=O) groups excluding carboxylic acids is 2. The second-order valence-electron chi connectivity index (χ2n) is 3.71. The standard InChI is InChI=1S/C9H11N3O3S.BrH/c1-9(3-2-7(14)15-9)6(13)4-16-8-10-5-11-12-8;/h5H,2-4H2,1H3,(H,10,11,12);1H. The smallest absolute Gasteiger partial charge is 0.306 e. The minimum Gasteiger partial charge on any atom is -0.451 e. The summed E-state index contributed by atoms with van der Waals surface area (Å²) in [6.45, 7) is 1.65. The van der Waals surface area contributed by atoms with E-state index in [1.165, 1.54) is 18.1 Å². The first-order valence-electron chi connectivity index (χ1n) is 4.83. The second-order valence-corrected chi connectivity index (χ2v) is 4.67. The molecule has 2 rings (SSSR count). The molecule has 1 aromatic heterocycles.